The Kier molecular flexibility index (Phi) is 11.2. The van der Waals surface area contributed by atoms with Gasteiger partial charge < -0.3 is 20.2 Å². The molecule has 3 aromatic rings. The van der Waals surface area contributed by atoms with Gasteiger partial charge in [-0.1, -0.05) is 31.2 Å². The van der Waals surface area contributed by atoms with Crippen molar-refractivity contribution in [1.82, 2.24) is 10.2 Å². The van der Waals surface area contributed by atoms with Gasteiger partial charge in [0, 0.05) is 36.8 Å². The standard InChI is InChI=1S/C34H40F3N3O5S/c1-4-39(5-2)33(43)31-20-13-26(23-7-14-27(15-8-23)34(35,36)37)21-40(31)28-16-9-25(10-17-28)32(42)38-30(22-41)24-11-18-29(19-12-24)46(44,45)6-3/h7-12,14-19,26,30-31,41H,4-6,13,20-22H2,1-3H3,(H,38,42)/t26-,30+,31+/m1/s1. The van der Waals surface area contributed by atoms with E-state index in [4.69, 9.17) is 0 Å². The zero-order chi connectivity index (χ0) is 33.6. The minimum absolute atomic E-state index is 0.0266. The molecule has 3 atom stereocenters. The summed E-state index contributed by atoms with van der Waals surface area (Å²) >= 11 is 0. The van der Waals surface area contributed by atoms with Crippen molar-refractivity contribution in [3.63, 3.8) is 0 Å². The van der Waals surface area contributed by atoms with E-state index in [1.165, 1.54) is 24.3 Å². The third-order valence-electron chi connectivity index (χ3n) is 8.62. The van der Waals surface area contributed by atoms with Crippen LogP contribution >= 0.6 is 0 Å². The van der Waals surface area contributed by atoms with Gasteiger partial charge >= 0.3 is 6.18 Å². The molecule has 0 saturated carbocycles. The Morgan fingerprint density at radius 2 is 1.54 bits per heavy atom. The Labute approximate surface area is 268 Å². The van der Waals surface area contributed by atoms with Gasteiger partial charge in [0.1, 0.15) is 6.04 Å². The van der Waals surface area contributed by atoms with Crippen LogP contribution < -0.4 is 10.2 Å². The third kappa shape index (κ3) is 7.90. The van der Waals surface area contributed by atoms with Crippen LogP contribution in [0.3, 0.4) is 0 Å². The van der Waals surface area contributed by atoms with Crippen LogP contribution in [0.1, 0.15) is 72.6 Å². The number of nitrogens with zero attached hydrogens (tertiary/aromatic N) is 2. The number of carbonyl (C=O) groups is 2. The van der Waals surface area contributed by atoms with E-state index in [-0.39, 0.29) is 22.5 Å². The van der Waals surface area contributed by atoms with Crippen molar-refractivity contribution in [1.29, 1.82) is 0 Å². The molecule has 0 radical (unpaired) electrons. The van der Waals surface area contributed by atoms with Crippen LogP contribution in [0.15, 0.2) is 77.7 Å². The summed E-state index contributed by atoms with van der Waals surface area (Å²) in [5, 5.41) is 12.8. The van der Waals surface area contributed by atoms with Gasteiger partial charge in [0.25, 0.3) is 5.91 Å². The number of benzene rings is 3. The summed E-state index contributed by atoms with van der Waals surface area (Å²) < 4.78 is 63.7. The Morgan fingerprint density at radius 3 is 2.07 bits per heavy atom. The summed E-state index contributed by atoms with van der Waals surface area (Å²) in [5.41, 5.74) is 1.61. The van der Waals surface area contributed by atoms with Gasteiger partial charge in [0.05, 0.1) is 28.9 Å². The van der Waals surface area contributed by atoms with Gasteiger partial charge in [-0.3, -0.25) is 9.59 Å². The van der Waals surface area contributed by atoms with Crippen LogP contribution in [0.4, 0.5) is 18.9 Å². The molecule has 2 N–H and O–H groups in total. The number of nitrogens with one attached hydrogen (secondary N) is 1. The van der Waals surface area contributed by atoms with Gasteiger partial charge in [-0.15, -0.1) is 0 Å². The fraction of sp³-hybridized carbons (Fsp3) is 0.412. The van der Waals surface area contributed by atoms with Gasteiger partial charge in [0.15, 0.2) is 9.84 Å². The summed E-state index contributed by atoms with van der Waals surface area (Å²) in [6.45, 7) is 6.47. The number of aliphatic hydroxyl groups is 1. The minimum Gasteiger partial charge on any atom is -0.394 e. The lowest BCUT2D eigenvalue weighted by molar-refractivity contribution is -0.137. The Morgan fingerprint density at radius 1 is 0.935 bits per heavy atom. The quantitative estimate of drug-likeness (QED) is 0.278. The Balaban J connectivity index is 1.54. The topological polar surface area (TPSA) is 107 Å². The second kappa shape index (κ2) is 14.7. The lowest BCUT2D eigenvalue weighted by Gasteiger charge is -2.42. The molecule has 0 spiro atoms. The Bertz CT molecular complexity index is 1590. The highest BCUT2D eigenvalue weighted by atomic mass is 32.2. The predicted octanol–water partition coefficient (Wildman–Crippen LogP) is 5.58. The van der Waals surface area contributed by atoms with Crippen molar-refractivity contribution in [2.75, 3.05) is 36.9 Å². The number of anilines is 1. The first-order chi connectivity index (χ1) is 21.8. The van der Waals surface area contributed by atoms with E-state index < -0.39 is 46.2 Å². The zero-order valence-electron chi connectivity index (χ0n) is 26.1. The van der Waals surface area contributed by atoms with Crippen molar-refractivity contribution in [3.05, 3.63) is 95.1 Å². The average molecular weight is 660 g/mol. The molecule has 0 bridgehead atoms. The number of piperidine rings is 1. The first-order valence-corrected chi connectivity index (χ1v) is 17.0. The number of halogens is 3. The van der Waals surface area contributed by atoms with E-state index >= 15 is 0 Å². The van der Waals surface area contributed by atoms with E-state index in [0.717, 1.165) is 17.7 Å². The molecule has 1 aliphatic rings. The number of amides is 2. The largest absolute Gasteiger partial charge is 0.416 e. The van der Waals surface area contributed by atoms with Crippen molar-refractivity contribution in [2.24, 2.45) is 0 Å². The molecule has 2 amide bonds. The zero-order valence-corrected chi connectivity index (χ0v) is 26.9. The van der Waals surface area contributed by atoms with Gasteiger partial charge in [0.2, 0.25) is 5.91 Å². The number of hydrogen-bond donors (Lipinski definition) is 2. The summed E-state index contributed by atoms with van der Waals surface area (Å²) in [6.07, 6.45) is -3.28. The highest BCUT2D eigenvalue weighted by molar-refractivity contribution is 7.91. The molecule has 4 rings (SSSR count). The van der Waals surface area contributed by atoms with Gasteiger partial charge in [-0.25, -0.2) is 8.42 Å². The number of sulfone groups is 1. The number of rotatable bonds is 11. The maximum atomic E-state index is 13.5. The lowest BCUT2D eigenvalue weighted by atomic mass is 9.86. The molecular formula is C34H40F3N3O5S. The molecule has 0 unspecified atom stereocenters. The van der Waals surface area contributed by atoms with E-state index in [2.05, 4.69) is 5.32 Å². The van der Waals surface area contributed by atoms with Crippen molar-refractivity contribution < 1.29 is 36.3 Å². The number of hydrogen-bond acceptors (Lipinski definition) is 6. The number of carbonyl (C=O) groups excluding carboxylic acids is 2. The van der Waals surface area contributed by atoms with Gasteiger partial charge in [-0.05, 0) is 86.3 Å². The number of alkyl halides is 3. The van der Waals surface area contributed by atoms with Crippen LogP contribution in [0.25, 0.3) is 0 Å². The molecule has 0 aromatic heterocycles. The summed E-state index contributed by atoms with van der Waals surface area (Å²) in [6, 6.07) is 16.7. The van der Waals surface area contributed by atoms with Crippen molar-refractivity contribution in [3.8, 4) is 0 Å². The number of likely N-dealkylation sites (N-methyl/N-ethyl adjacent to an activating group) is 1. The molecule has 0 aliphatic carbocycles. The van der Waals surface area contributed by atoms with Crippen LogP contribution in [-0.4, -0.2) is 68.3 Å². The fourth-order valence-electron chi connectivity index (χ4n) is 5.83. The van der Waals surface area contributed by atoms with Crippen LogP contribution in [-0.2, 0) is 20.8 Å². The molecule has 1 heterocycles. The fourth-order valence-corrected chi connectivity index (χ4v) is 6.71. The molecular weight excluding hydrogens is 619 g/mol. The van der Waals surface area contributed by atoms with E-state index in [9.17, 15) is 36.3 Å². The second-order valence-corrected chi connectivity index (χ2v) is 13.6. The summed E-state index contributed by atoms with van der Waals surface area (Å²) in [4.78, 5) is 30.6. The average Bonchev–Trinajstić information content (AvgIpc) is 3.07. The maximum absolute atomic E-state index is 13.5. The lowest BCUT2D eigenvalue weighted by Crippen LogP contribution is -2.52. The van der Waals surface area contributed by atoms with Crippen molar-refractivity contribution in [2.45, 2.75) is 62.7 Å². The van der Waals surface area contributed by atoms with Crippen LogP contribution in [0, 0.1) is 0 Å². The number of aliphatic hydroxyl groups excluding tert-OH is 1. The van der Waals surface area contributed by atoms with Crippen molar-refractivity contribution >= 4 is 27.3 Å². The normalized spacial score (nSPS) is 17.8. The highest BCUT2D eigenvalue weighted by Gasteiger charge is 2.36. The first kappa shape index (κ1) is 35.0. The summed E-state index contributed by atoms with van der Waals surface area (Å²) in [5.74, 6) is -0.621. The third-order valence-corrected chi connectivity index (χ3v) is 10.4. The van der Waals surface area contributed by atoms with Crippen LogP contribution in [0.5, 0.6) is 0 Å². The molecule has 1 fully saturated rings. The predicted molar refractivity (Wildman–Crippen MR) is 170 cm³/mol. The minimum atomic E-state index is -4.42. The first-order valence-electron chi connectivity index (χ1n) is 15.4. The molecule has 12 heteroatoms. The maximum Gasteiger partial charge on any atom is 0.416 e. The molecule has 3 aromatic carbocycles. The summed E-state index contributed by atoms with van der Waals surface area (Å²) in [7, 11) is -3.39. The molecule has 248 valence electrons. The molecule has 1 aliphatic heterocycles. The van der Waals surface area contributed by atoms with Crippen LogP contribution in [0.2, 0.25) is 0 Å². The monoisotopic (exact) mass is 659 g/mol. The highest BCUT2D eigenvalue weighted by Crippen LogP contribution is 2.36. The molecule has 1 saturated heterocycles. The van der Waals surface area contributed by atoms with E-state index in [1.54, 1.807) is 48.2 Å². The van der Waals surface area contributed by atoms with E-state index in [0.29, 0.717) is 49.3 Å². The molecule has 8 nitrogen and oxygen atoms in total. The second-order valence-electron chi connectivity index (χ2n) is 11.3. The SMILES string of the molecule is CCN(CC)C(=O)[C@@H]1CC[C@@H](c2ccc(C(F)(F)F)cc2)CN1c1ccc(C(=O)N[C@@H](CO)c2ccc(S(=O)(=O)CC)cc2)cc1. The Hall–Kier alpha value is -3.90. The smallest absolute Gasteiger partial charge is 0.394 e. The van der Waals surface area contributed by atoms with E-state index in [1.807, 2.05) is 18.7 Å². The molecule has 46 heavy (non-hydrogen) atoms. The van der Waals surface area contributed by atoms with Gasteiger partial charge in [-0.2, -0.15) is 13.2 Å².